The first-order chi connectivity index (χ1) is 9.37. The fourth-order valence-electron chi connectivity index (χ4n) is 3.63. The molecule has 1 amide bonds. The van der Waals surface area contributed by atoms with E-state index in [4.69, 9.17) is 4.74 Å². The molecule has 0 aromatic carbocycles. The molecule has 0 aliphatic heterocycles. The second kappa shape index (κ2) is 6.36. The summed E-state index contributed by atoms with van der Waals surface area (Å²) in [7, 11) is 1.89. The van der Waals surface area contributed by atoms with Crippen LogP contribution in [0.3, 0.4) is 0 Å². The minimum absolute atomic E-state index is 0.173. The maximum Gasteiger partial charge on any atom is 0.410 e. The van der Waals surface area contributed by atoms with E-state index in [0.29, 0.717) is 6.04 Å². The van der Waals surface area contributed by atoms with Crippen molar-refractivity contribution in [3.8, 4) is 0 Å². The van der Waals surface area contributed by atoms with Gasteiger partial charge in [-0.05, 0) is 77.6 Å². The van der Waals surface area contributed by atoms with Crippen LogP contribution in [0.4, 0.5) is 4.79 Å². The van der Waals surface area contributed by atoms with Crippen LogP contribution >= 0.6 is 0 Å². The van der Waals surface area contributed by atoms with E-state index in [2.05, 4.69) is 6.42 Å². The van der Waals surface area contributed by atoms with Crippen molar-refractivity contribution in [1.82, 2.24) is 4.90 Å². The van der Waals surface area contributed by atoms with Crippen molar-refractivity contribution in [1.29, 1.82) is 0 Å². The van der Waals surface area contributed by atoms with Crippen LogP contribution in [0.25, 0.3) is 0 Å². The van der Waals surface area contributed by atoms with Crippen LogP contribution in [-0.4, -0.2) is 29.7 Å². The summed E-state index contributed by atoms with van der Waals surface area (Å²) < 4.78 is 5.46. The van der Waals surface area contributed by atoms with Gasteiger partial charge in [0.2, 0.25) is 0 Å². The number of rotatable bonds is 2. The maximum atomic E-state index is 12.1. The lowest BCUT2D eigenvalue weighted by molar-refractivity contribution is 0.0163. The zero-order valence-corrected chi connectivity index (χ0v) is 13.5. The van der Waals surface area contributed by atoms with E-state index >= 15 is 0 Å². The minimum Gasteiger partial charge on any atom is -0.444 e. The molecule has 1 radical (unpaired) electrons. The number of nitrogens with zero attached hydrogens (tertiary/aromatic N) is 1. The van der Waals surface area contributed by atoms with Gasteiger partial charge < -0.3 is 9.64 Å². The van der Waals surface area contributed by atoms with Crippen molar-refractivity contribution in [2.45, 2.75) is 77.4 Å². The summed E-state index contributed by atoms with van der Waals surface area (Å²) >= 11 is 0. The summed E-state index contributed by atoms with van der Waals surface area (Å²) in [5.74, 6) is 1.71. The highest BCUT2D eigenvalue weighted by Gasteiger charge is 2.33. The number of ether oxygens (including phenoxy) is 1. The second-order valence-electron chi connectivity index (χ2n) is 7.49. The lowest BCUT2D eigenvalue weighted by atomic mass is 9.77. The summed E-state index contributed by atoms with van der Waals surface area (Å²) in [6.45, 7) is 5.77. The molecule has 0 heterocycles. The third-order valence-corrected chi connectivity index (χ3v) is 4.79. The Morgan fingerprint density at radius 1 is 1.15 bits per heavy atom. The zero-order chi connectivity index (χ0) is 14.8. The molecule has 3 nitrogen and oxygen atoms in total. The lowest BCUT2D eigenvalue weighted by Gasteiger charge is -2.37. The van der Waals surface area contributed by atoms with Gasteiger partial charge in [0.25, 0.3) is 0 Å². The molecule has 1 atom stereocenters. The minimum atomic E-state index is -0.401. The summed E-state index contributed by atoms with van der Waals surface area (Å²) in [4.78, 5) is 13.9. The van der Waals surface area contributed by atoms with Gasteiger partial charge in [-0.1, -0.05) is 6.42 Å². The molecule has 0 aromatic rings. The Hall–Kier alpha value is -0.730. The van der Waals surface area contributed by atoms with E-state index in [9.17, 15) is 4.79 Å². The molecular formula is C17H30NO2. The van der Waals surface area contributed by atoms with Crippen LogP contribution in [0.1, 0.15) is 65.7 Å². The van der Waals surface area contributed by atoms with Crippen molar-refractivity contribution in [3.05, 3.63) is 6.42 Å². The van der Waals surface area contributed by atoms with Gasteiger partial charge >= 0.3 is 6.09 Å². The predicted octanol–water partition coefficient (Wildman–Crippen LogP) is 4.42. The van der Waals surface area contributed by atoms with E-state index in [1.807, 2.05) is 32.7 Å². The fraction of sp³-hybridized carbons (Fsp3) is 0.882. The van der Waals surface area contributed by atoms with E-state index in [1.54, 1.807) is 0 Å². The molecule has 0 N–H and O–H groups in total. The number of hydrogen-bond acceptors (Lipinski definition) is 2. The van der Waals surface area contributed by atoms with E-state index < -0.39 is 5.60 Å². The third-order valence-electron chi connectivity index (χ3n) is 4.79. The number of carbonyl (C=O) groups excluding carboxylic acids is 1. The predicted molar refractivity (Wildman–Crippen MR) is 81.4 cm³/mol. The maximum absolute atomic E-state index is 12.1. The standard InChI is InChI=1S/C17H30NO2/c1-17(2,3)20-16(19)18(4)15-11-9-14(10-12-15)13-7-5-6-8-13/h7,13-15H,5-6,8-12H2,1-4H3/t13-,14-,15-/m0/s1. The van der Waals surface area contributed by atoms with Crippen molar-refractivity contribution < 1.29 is 9.53 Å². The SMILES string of the molecule is CN(C(=O)OC(C)(C)C)[C@H]1CC[C@H]([C@H]2[CH]CCC2)CC1. The Morgan fingerprint density at radius 2 is 1.80 bits per heavy atom. The smallest absolute Gasteiger partial charge is 0.410 e. The molecule has 0 unspecified atom stereocenters. The van der Waals surface area contributed by atoms with Crippen molar-refractivity contribution >= 4 is 6.09 Å². The highest BCUT2D eigenvalue weighted by atomic mass is 16.6. The molecule has 2 fully saturated rings. The van der Waals surface area contributed by atoms with Crippen LogP contribution in [0, 0.1) is 18.3 Å². The molecule has 0 aromatic heterocycles. The van der Waals surface area contributed by atoms with Crippen LogP contribution in [-0.2, 0) is 4.74 Å². The summed E-state index contributed by atoms with van der Waals surface area (Å²) in [5, 5.41) is 0. The molecule has 2 rings (SSSR count). The van der Waals surface area contributed by atoms with Gasteiger partial charge in [-0.25, -0.2) is 4.79 Å². The van der Waals surface area contributed by atoms with Gasteiger partial charge in [0.05, 0.1) is 0 Å². The Bertz CT molecular complexity index is 320. The number of carbonyl (C=O) groups is 1. The first-order valence-corrected chi connectivity index (χ1v) is 8.16. The Morgan fingerprint density at radius 3 is 2.30 bits per heavy atom. The summed E-state index contributed by atoms with van der Waals surface area (Å²) in [6, 6.07) is 0.363. The molecule has 20 heavy (non-hydrogen) atoms. The largest absolute Gasteiger partial charge is 0.444 e. The molecule has 2 saturated carbocycles. The molecular weight excluding hydrogens is 250 g/mol. The van der Waals surface area contributed by atoms with Gasteiger partial charge in [-0.3, -0.25) is 0 Å². The van der Waals surface area contributed by atoms with E-state index in [0.717, 1.165) is 24.7 Å². The topological polar surface area (TPSA) is 29.5 Å². The van der Waals surface area contributed by atoms with Gasteiger partial charge in [0.1, 0.15) is 5.60 Å². The molecule has 115 valence electrons. The van der Waals surface area contributed by atoms with E-state index in [1.165, 1.54) is 32.1 Å². The average Bonchev–Trinajstić information content (AvgIpc) is 2.90. The number of hydrogen-bond donors (Lipinski definition) is 0. The first kappa shape index (κ1) is 15.7. The normalized spacial score (nSPS) is 28.4. The van der Waals surface area contributed by atoms with Crippen LogP contribution in [0.15, 0.2) is 0 Å². The van der Waals surface area contributed by atoms with Gasteiger partial charge in [-0.15, -0.1) is 0 Å². The summed E-state index contributed by atoms with van der Waals surface area (Å²) in [5.41, 5.74) is -0.401. The molecule has 3 heteroatoms. The molecule has 0 bridgehead atoms. The highest BCUT2D eigenvalue weighted by molar-refractivity contribution is 5.68. The van der Waals surface area contributed by atoms with Gasteiger partial charge in [0.15, 0.2) is 0 Å². The van der Waals surface area contributed by atoms with E-state index in [-0.39, 0.29) is 6.09 Å². The lowest BCUT2D eigenvalue weighted by Crippen LogP contribution is -2.42. The zero-order valence-electron chi connectivity index (χ0n) is 13.5. The number of amides is 1. The van der Waals surface area contributed by atoms with Gasteiger partial charge in [0, 0.05) is 13.1 Å². The fourth-order valence-corrected chi connectivity index (χ4v) is 3.63. The second-order valence-corrected chi connectivity index (χ2v) is 7.49. The molecule has 2 aliphatic carbocycles. The average molecular weight is 280 g/mol. The van der Waals surface area contributed by atoms with Crippen LogP contribution < -0.4 is 0 Å². The monoisotopic (exact) mass is 280 g/mol. The molecule has 2 aliphatic rings. The molecule has 0 spiro atoms. The first-order valence-electron chi connectivity index (χ1n) is 8.16. The van der Waals surface area contributed by atoms with Crippen LogP contribution in [0.2, 0.25) is 0 Å². The Balaban J connectivity index is 1.79. The van der Waals surface area contributed by atoms with Crippen molar-refractivity contribution in [2.24, 2.45) is 11.8 Å². The van der Waals surface area contributed by atoms with Gasteiger partial charge in [-0.2, -0.15) is 0 Å². The Kier molecular flexibility index (Phi) is 4.98. The third kappa shape index (κ3) is 4.13. The van der Waals surface area contributed by atoms with Crippen molar-refractivity contribution in [3.63, 3.8) is 0 Å². The van der Waals surface area contributed by atoms with Crippen molar-refractivity contribution in [2.75, 3.05) is 7.05 Å². The Labute approximate surface area is 124 Å². The summed E-state index contributed by atoms with van der Waals surface area (Å²) in [6.07, 6.45) is 11.2. The highest BCUT2D eigenvalue weighted by Crippen LogP contribution is 2.39. The molecule has 0 saturated heterocycles. The quantitative estimate of drug-likeness (QED) is 0.749. The van der Waals surface area contributed by atoms with Crippen LogP contribution in [0.5, 0.6) is 0 Å².